The number of aromatic nitrogens is 2. The molecular weight excluding hydrogens is 263 g/mol. The molecule has 1 aromatic heterocycles. The zero-order valence-electron chi connectivity index (χ0n) is 7.05. The predicted molar refractivity (Wildman–Crippen MR) is 56.1 cm³/mol. The highest BCUT2D eigenvalue weighted by Crippen LogP contribution is 2.35. The fourth-order valence-corrected chi connectivity index (χ4v) is 2.75. The number of hydrogen-bond acceptors (Lipinski definition) is 2. The maximum atomic E-state index is 4.30. The average molecular weight is 274 g/mol. The molecule has 0 unspecified atom stereocenters. The molecule has 0 N–H and O–H groups in total. The van der Waals surface area contributed by atoms with E-state index >= 15 is 0 Å². The van der Waals surface area contributed by atoms with Gasteiger partial charge in [0.25, 0.3) is 0 Å². The molecule has 0 saturated heterocycles. The zero-order chi connectivity index (χ0) is 8.55. The van der Waals surface area contributed by atoms with Gasteiger partial charge in [-0.05, 0) is 47.8 Å². The van der Waals surface area contributed by atoms with Gasteiger partial charge in [0, 0.05) is 11.3 Å². The van der Waals surface area contributed by atoms with Crippen molar-refractivity contribution < 1.29 is 0 Å². The molecule has 0 saturated carbocycles. The van der Waals surface area contributed by atoms with Crippen molar-refractivity contribution in [1.82, 2.24) is 9.97 Å². The van der Waals surface area contributed by atoms with Gasteiger partial charge in [-0.15, -0.1) is 0 Å². The Morgan fingerprint density at radius 2 is 2.42 bits per heavy atom. The van der Waals surface area contributed by atoms with Crippen molar-refractivity contribution in [3.63, 3.8) is 0 Å². The van der Waals surface area contributed by atoms with Crippen molar-refractivity contribution in [1.29, 1.82) is 0 Å². The Labute approximate surface area is 86.0 Å². The van der Waals surface area contributed by atoms with Gasteiger partial charge in [-0.1, -0.05) is 6.92 Å². The Balaban J connectivity index is 2.48. The van der Waals surface area contributed by atoms with E-state index in [9.17, 15) is 0 Å². The highest BCUT2D eigenvalue weighted by atomic mass is 127. The van der Waals surface area contributed by atoms with Crippen LogP contribution in [0.1, 0.15) is 36.9 Å². The Hall–Kier alpha value is -0.190. The number of fused-ring (bicyclic) bond motifs is 1. The van der Waals surface area contributed by atoms with Crippen molar-refractivity contribution >= 4 is 22.6 Å². The van der Waals surface area contributed by atoms with Crippen molar-refractivity contribution in [2.45, 2.75) is 32.1 Å². The minimum atomic E-state index is 0.716. The highest BCUT2D eigenvalue weighted by molar-refractivity contribution is 14.1. The van der Waals surface area contributed by atoms with E-state index in [-0.39, 0.29) is 0 Å². The van der Waals surface area contributed by atoms with E-state index in [4.69, 9.17) is 0 Å². The molecule has 0 radical (unpaired) electrons. The number of rotatable bonds is 1. The molecule has 2 rings (SSSR count). The van der Waals surface area contributed by atoms with Crippen LogP contribution >= 0.6 is 22.6 Å². The van der Waals surface area contributed by atoms with Gasteiger partial charge in [-0.2, -0.15) is 0 Å². The molecule has 1 heterocycles. The summed E-state index contributed by atoms with van der Waals surface area (Å²) in [7, 11) is 0. The Bertz CT molecular complexity index is 299. The summed E-state index contributed by atoms with van der Waals surface area (Å²) < 4.78 is 1.15. The van der Waals surface area contributed by atoms with Crippen molar-refractivity contribution in [2.75, 3.05) is 0 Å². The van der Waals surface area contributed by atoms with Crippen molar-refractivity contribution in [2.24, 2.45) is 0 Å². The molecule has 0 aromatic carbocycles. The maximum absolute atomic E-state index is 4.30. The van der Waals surface area contributed by atoms with Gasteiger partial charge in [0.05, 0.1) is 0 Å². The Morgan fingerprint density at radius 3 is 3.17 bits per heavy atom. The third-order valence-corrected chi connectivity index (χ3v) is 3.41. The van der Waals surface area contributed by atoms with Gasteiger partial charge >= 0.3 is 0 Å². The first-order valence-corrected chi connectivity index (χ1v) is 5.40. The molecule has 12 heavy (non-hydrogen) atoms. The van der Waals surface area contributed by atoms with E-state index in [1.54, 1.807) is 6.33 Å². The summed E-state index contributed by atoms with van der Waals surface area (Å²) in [4.78, 5) is 8.53. The first kappa shape index (κ1) is 8.41. The number of halogens is 1. The second-order valence-corrected chi connectivity index (χ2v) is 4.19. The molecule has 1 aliphatic carbocycles. The van der Waals surface area contributed by atoms with Crippen LogP contribution in [0.2, 0.25) is 0 Å². The minimum absolute atomic E-state index is 0.716. The Morgan fingerprint density at radius 1 is 1.58 bits per heavy atom. The van der Waals surface area contributed by atoms with Gasteiger partial charge < -0.3 is 0 Å². The molecule has 1 atom stereocenters. The quantitative estimate of drug-likeness (QED) is 0.581. The molecule has 2 nitrogen and oxygen atoms in total. The molecular formula is C9H11IN2. The lowest BCUT2D eigenvalue weighted by molar-refractivity contribution is 0.652. The summed E-state index contributed by atoms with van der Waals surface area (Å²) in [5, 5.41) is 0. The standard InChI is InChI=1S/C9H11IN2/c1-2-6-3-4-7-8(6)9(10)12-5-11-7/h5-6H,2-4H2,1H3/t6-/m1/s1. The SMILES string of the molecule is CC[C@@H]1CCc2ncnc(I)c21. The number of nitrogens with zero attached hydrogens (tertiary/aromatic N) is 2. The molecule has 0 spiro atoms. The fourth-order valence-electron chi connectivity index (χ4n) is 1.87. The number of aryl methyl sites for hydroxylation is 1. The van der Waals surface area contributed by atoms with Gasteiger partial charge in [0.1, 0.15) is 10.0 Å². The summed E-state index contributed by atoms with van der Waals surface area (Å²) in [5.74, 6) is 0.716. The van der Waals surface area contributed by atoms with Crippen LogP contribution in [0, 0.1) is 3.70 Å². The monoisotopic (exact) mass is 274 g/mol. The maximum Gasteiger partial charge on any atom is 0.116 e. The van der Waals surface area contributed by atoms with Crippen LogP contribution in [0.3, 0.4) is 0 Å². The Kier molecular flexibility index (Phi) is 2.30. The van der Waals surface area contributed by atoms with Crippen LogP contribution < -0.4 is 0 Å². The van der Waals surface area contributed by atoms with Crippen LogP contribution in [0.4, 0.5) is 0 Å². The van der Waals surface area contributed by atoms with E-state index in [0.717, 1.165) is 10.1 Å². The van der Waals surface area contributed by atoms with Crippen LogP contribution in [0.25, 0.3) is 0 Å². The topological polar surface area (TPSA) is 25.8 Å². The largest absolute Gasteiger partial charge is 0.241 e. The lowest BCUT2D eigenvalue weighted by Gasteiger charge is -2.07. The number of hydrogen-bond donors (Lipinski definition) is 0. The molecule has 1 aliphatic rings. The van der Waals surface area contributed by atoms with E-state index in [1.165, 1.54) is 24.1 Å². The summed E-state index contributed by atoms with van der Waals surface area (Å²) >= 11 is 2.31. The van der Waals surface area contributed by atoms with Gasteiger partial charge in [0.15, 0.2) is 0 Å². The van der Waals surface area contributed by atoms with E-state index in [2.05, 4.69) is 39.5 Å². The molecule has 0 amide bonds. The lowest BCUT2D eigenvalue weighted by atomic mass is 10.0. The zero-order valence-corrected chi connectivity index (χ0v) is 9.21. The van der Waals surface area contributed by atoms with Gasteiger partial charge in [-0.3, -0.25) is 0 Å². The normalized spacial score (nSPS) is 21.0. The summed E-state index contributed by atoms with van der Waals surface area (Å²) in [5.41, 5.74) is 2.70. The lowest BCUT2D eigenvalue weighted by Crippen LogP contribution is -1.98. The molecule has 0 fully saturated rings. The smallest absolute Gasteiger partial charge is 0.116 e. The third-order valence-electron chi connectivity index (χ3n) is 2.55. The predicted octanol–water partition coefficient (Wildman–Crippen LogP) is 2.52. The first-order valence-electron chi connectivity index (χ1n) is 4.32. The first-order chi connectivity index (χ1) is 5.83. The van der Waals surface area contributed by atoms with E-state index in [0.29, 0.717) is 5.92 Å². The summed E-state index contributed by atoms with van der Waals surface area (Å²) in [6.07, 6.45) is 5.31. The third kappa shape index (κ3) is 1.24. The second-order valence-electron chi connectivity index (χ2n) is 3.17. The minimum Gasteiger partial charge on any atom is -0.241 e. The molecule has 0 aliphatic heterocycles. The van der Waals surface area contributed by atoms with Crippen LogP contribution in [-0.4, -0.2) is 9.97 Å². The van der Waals surface area contributed by atoms with E-state index in [1.807, 2.05) is 0 Å². The van der Waals surface area contributed by atoms with Crippen LogP contribution in [0.15, 0.2) is 6.33 Å². The van der Waals surface area contributed by atoms with Crippen LogP contribution in [-0.2, 0) is 6.42 Å². The van der Waals surface area contributed by atoms with Gasteiger partial charge in [-0.25, -0.2) is 9.97 Å². The molecule has 64 valence electrons. The summed E-state index contributed by atoms with van der Waals surface area (Å²) in [6.45, 7) is 2.24. The van der Waals surface area contributed by atoms with Crippen LogP contribution in [0.5, 0.6) is 0 Å². The highest BCUT2D eigenvalue weighted by Gasteiger charge is 2.24. The molecule has 3 heteroatoms. The molecule has 1 aromatic rings. The van der Waals surface area contributed by atoms with Crippen molar-refractivity contribution in [3.05, 3.63) is 21.3 Å². The van der Waals surface area contributed by atoms with E-state index < -0.39 is 0 Å². The van der Waals surface area contributed by atoms with Gasteiger partial charge in [0.2, 0.25) is 0 Å². The summed E-state index contributed by atoms with van der Waals surface area (Å²) in [6, 6.07) is 0. The average Bonchev–Trinajstić information content (AvgIpc) is 2.49. The van der Waals surface area contributed by atoms with Crippen molar-refractivity contribution in [3.8, 4) is 0 Å². The second kappa shape index (κ2) is 3.28. The molecule has 0 bridgehead atoms. The fraction of sp³-hybridized carbons (Fsp3) is 0.556.